The second kappa shape index (κ2) is 6.35. The lowest BCUT2D eigenvalue weighted by atomic mass is 10.0. The minimum absolute atomic E-state index is 0.355. The normalized spacial score (nSPS) is 12.6. The van der Waals surface area contributed by atoms with Crippen LogP contribution in [0, 0.1) is 6.92 Å². The van der Waals surface area contributed by atoms with Gasteiger partial charge in [-0.05, 0) is 43.7 Å². The number of nitrogens with zero attached hydrogens (tertiary/aromatic N) is 2. The molecule has 0 fully saturated rings. The zero-order valence-electron chi connectivity index (χ0n) is 11.7. The van der Waals surface area contributed by atoms with Crippen molar-refractivity contribution in [3.05, 3.63) is 52.0 Å². The zero-order chi connectivity index (χ0) is 13.8. The van der Waals surface area contributed by atoms with Crippen molar-refractivity contribution in [3.8, 4) is 0 Å². The summed E-state index contributed by atoms with van der Waals surface area (Å²) in [5.41, 5.74) is 2.60. The minimum atomic E-state index is 0.355. The van der Waals surface area contributed by atoms with Gasteiger partial charge in [-0.25, -0.2) is 4.98 Å². The molecule has 2 rings (SSSR count). The predicted molar refractivity (Wildman–Crippen MR) is 82.2 cm³/mol. The van der Waals surface area contributed by atoms with Gasteiger partial charge in [-0.15, -0.1) is 0 Å². The van der Waals surface area contributed by atoms with Crippen molar-refractivity contribution in [2.24, 2.45) is 7.05 Å². The van der Waals surface area contributed by atoms with Gasteiger partial charge in [0, 0.05) is 36.4 Å². The number of rotatable bonds is 5. The molecule has 3 nitrogen and oxygen atoms in total. The van der Waals surface area contributed by atoms with Crippen molar-refractivity contribution in [1.82, 2.24) is 14.9 Å². The highest BCUT2D eigenvalue weighted by Gasteiger charge is 2.11. The van der Waals surface area contributed by atoms with Crippen LogP contribution in [-0.2, 0) is 13.5 Å². The van der Waals surface area contributed by atoms with Gasteiger partial charge in [-0.3, -0.25) is 0 Å². The van der Waals surface area contributed by atoms with Gasteiger partial charge in [0.25, 0.3) is 0 Å². The van der Waals surface area contributed by atoms with Crippen LogP contribution in [-0.4, -0.2) is 16.6 Å². The molecule has 4 heteroatoms. The lowest BCUT2D eigenvalue weighted by molar-refractivity contribution is 0.535. The number of imidazole rings is 1. The van der Waals surface area contributed by atoms with Crippen molar-refractivity contribution in [2.45, 2.75) is 25.8 Å². The third-order valence-corrected chi connectivity index (χ3v) is 3.85. The highest BCUT2D eigenvalue weighted by Crippen LogP contribution is 2.23. The Balaban J connectivity index is 2.09. The van der Waals surface area contributed by atoms with E-state index in [4.69, 9.17) is 0 Å². The molecule has 0 aliphatic carbocycles. The molecule has 1 N–H and O–H groups in total. The molecule has 19 heavy (non-hydrogen) atoms. The molecule has 0 radical (unpaired) electrons. The Bertz CT molecular complexity index is 528. The van der Waals surface area contributed by atoms with Crippen LogP contribution in [0.25, 0.3) is 0 Å². The Hall–Kier alpha value is -1.13. The van der Waals surface area contributed by atoms with Gasteiger partial charge in [0.1, 0.15) is 5.82 Å². The first-order valence-corrected chi connectivity index (χ1v) is 7.30. The predicted octanol–water partition coefficient (Wildman–Crippen LogP) is 3.38. The summed E-state index contributed by atoms with van der Waals surface area (Å²) < 4.78 is 3.22. The van der Waals surface area contributed by atoms with E-state index in [-0.39, 0.29) is 0 Å². The van der Waals surface area contributed by atoms with E-state index in [0.717, 1.165) is 23.1 Å². The largest absolute Gasteiger partial charge is 0.338 e. The summed E-state index contributed by atoms with van der Waals surface area (Å²) in [6, 6.07) is 6.92. The van der Waals surface area contributed by atoms with Crippen LogP contribution in [0.2, 0.25) is 0 Å². The molecule has 0 amide bonds. The SMILES string of the molecule is CNC(CCc1nccn1C)c1cc(C)cc(Br)c1. The number of hydrogen-bond acceptors (Lipinski definition) is 2. The molecule has 0 bridgehead atoms. The Morgan fingerprint density at radius 2 is 2.16 bits per heavy atom. The van der Waals surface area contributed by atoms with E-state index < -0.39 is 0 Å². The van der Waals surface area contributed by atoms with Crippen LogP contribution in [0.3, 0.4) is 0 Å². The van der Waals surface area contributed by atoms with Gasteiger partial charge >= 0.3 is 0 Å². The number of aromatic nitrogens is 2. The van der Waals surface area contributed by atoms with Gasteiger partial charge in [0.05, 0.1) is 0 Å². The summed E-state index contributed by atoms with van der Waals surface area (Å²) in [4.78, 5) is 4.38. The third kappa shape index (κ3) is 3.67. The van der Waals surface area contributed by atoms with Crippen molar-refractivity contribution in [1.29, 1.82) is 0 Å². The van der Waals surface area contributed by atoms with Crippen molar-refractivity contribution < 1.29 is 0 Å². The smallest absolute Gasteiger partial charge is 0.108 e. The summed E-state index contributed by atoms with van der Waals surface area (Å²) in [6.45, 7) is 2.12. The molecular formula is C15H20BrN3. The molecule has 1 atom stereocenters. The van der Waals surface area contributed by atoms with Gasteiger partial charge < -0.3 is 9.88 Å². The van der Waals surface area contributed by atoms with Gasteiger partial charge in [0.15, 0.2) is 0 Å². The van der Waals surface area contributed by atoms with Crippen LogP contribution in [0.15, 0.2) is 35.1 Å². The molecule has 2 aromatic rings. The van der Waals surface area contributed by atoms with Crippen molar-refractivity contribution >= 4 is 15.9 Å². The summed E-state index contributed by atoms with van der Waals surface area (Å²) in [5.74, 6) is 1.13. The molecule has 0 aliphatic heterocycles. The lowest BCUT2D eigenvalue weighted by Crippen LogP contribution is -2.18. The molecular weight excluding hydrogens is 302 g/mol. The molecule has 0 aliphatic rings. The monoisotopic (exact) mass is 321 g/mol. The Kier molecular flexibility index (Phi) is 4.77. The zero-order valence-corrected chi connectivity index (χ0v) is 13.2. The van der Waals surface area contributed by atoms with Crippen LogP contribution >= 0.6 is 15.9 Å². The molecule has 1 aromatic heterocycles. The number of benzene rings is 1. The van der Waals surface area contributed by atoms with Crippen LogP contribution in [0.1, 0.15) is 29.4 Å². The molecule has 1 heterocycles. The van der Waals surface area contributed by atoms with Crippen molar-refractivity contribution in [2.75, 3.05) is 7.05 Å². The van der Waals surface area contributed by atoms with E-state index in [1.54, 1.807) is 0 Å². The molecule has 1 unspecified atom stereocenters. The minimum Gasteiger partial charge on any atom is -0.338 e. The second-order valence-electron chi connectivity index (χ2n) is 4.90. The van der Waals surface area contributed by atoms with Gasteiger partial charge in [-0.2, -0.15) is 0 Å². The number of aryl methyl sites for hydroxylation is 3. The maximum absolute atomic E-state index is 4.38. The Labute approximate surface area is 123 Å². The van der Waals surface area contributed by atoms with E-state index in [1.807, 2.05) is 26.5 Å². The molecule has 0 saturated heterocycles. The second-order valence-corrected chi connectivity index (χ2v) is 5.81. The van der Waals surface area contributed by atoms with Crippen LogP contribution < -0.4 is 5.32 Å². The first-order chi connectivity index (χ1) is 9.10. The molecule has 1 aromatic carbocycles. The van der Waals surface area contributed by atoms with Crippen LogP contribution in [0.4, 0.5) is 0 Å². The van der Waals surface area contributed by atoms with E-state index in [9.17, 15) is 0 Å². The quantitative estimate of drug-likeness (QED) is 0.914. The summed E-state index contributed by atoms with van der Waals surface area (Å²) >= 11 is 3.57. The summed E-state index contributed by atoms with van der Waals surface area (Å²) in [6.07, 6.45) is 5.86. The topological polar surface area (TPSA) is 29.9 Å². The van der Waals surface area contributed by atoms with E-state index in [2.05, 4.69) is 55.9 Å². The van der Waals surface area contributed by atoms with Gasteiger partial charge in [0.2, 0.25) is 0 Å². The fourth-order valence-electron chi connectivity index (χ4n) is 2.35. The van der Waals surface area contributed by atoms with Gasteiger partial charge in [-0.1, -0.05) is 22.0 Å². The van der Waals surface area contributed by atoms with Crippen molar-refractivity contribution in [3.63, 3.8) is 0 Å². The number of nitrogens with one attached hydrogen (secondary N) is 1. The highest BCUT2D eigenvalue weighted by molar-refractivity contribution is 9.10. The standard InChI is InChI=1S/C15H20BrN3/c1-11-8-12(10-13(16)9-11)14(17-2)4-5-15-18-6-7-19(15)3/h6-10,14,17H,4-5H2,1-3H3. The fraction of sp³-hybridized carbons (Fsp3) is 0.400. The molecule has 0 spiro atoms. The average Bonchev–Trinajstić information content (AvgIpc) is 2.75. The average molecular weight is 322 g/mol. The summed E-state index contributed by atoms with van der Waals surface area (Å²) in [5, 5.41) is 3.40. The third-order valence-electron chi connectivity index (χ3n) is 3.39. The first-order valence-electron chi connectivity index (χ1n) is 6.50. The number of hydrogen-bond donors (Lipinski definition) is 1. The van der Waals surface area contributed by atoms with E-state index in [1.165, 1.54) is 11.1 Å². The molecule has 102 valence electrons. The first kappa shape index (κ1) is 14.3. The van der Waals surface area contributed by atoms with E-state index in [0.29, 0.717) is 6.04 Å². The maximum atomic E-state index is 4.38. The summed E-state index contributed by atoms with van der Waals surface area (Å²) in [7, 11) is 4.05. The molecule has 0 saturated carbocycles. The fourth-order valence-corrected chi connectivity index (χ4v) is 2.98. The maximum Gasteiger partial charge on any atom is 0.108 e. The highest BCUT2D eigenvalue weighted by atomic mass is 79.9. The lowest BCUT2D eigenvalue weighted by Gasteiger charge is -2.17. The van der Waals surface area contributed by atoms with E-state index >= 15 is 0 Å². The Morgan fingerprint density at radius 1 is 1.37 bits per heavy atom. The Morgan fingerprint density at radius 3 is 2.74 bits per heavy atom. The number of halogens is 1. The van der Waals surface area contributed by atoms with Crippen LogP contribution in [0.5, 0.6) is 0 Å².